The molecule has 2 aliphatic rings. The first-order valence-corrected chi connectivity index (χ1v) is 9.45. The number of esters is 1. The van der Waals surface area contributed by atoms with Crippen LogP contribution in [-0.2, 0) is 4.74 Å². The summed E-state index contributed by atoms with van der Waals surface area (Å²) in [7, 11) is 0. The minimum Gasteiger partial charge on any atom is -0.459 e. The lowest BCUT2D eigenvalue weighted by molar-refractivity contribution is -0.0172. The lowest BCUT2D eigenvalue weighted by Crippen LogP contribution is -2.47. The first kappa shape index (κ1) is 17.3. The highest BCUT2D eigenvalue weighted by molar-refractivity contribution is 5.89. The van der Waals surface area contributed by atoms with Gasteiger partial charge in [0.15, 0.2) is 0 Å². The third kappa shape index (κ3) is 3.67. The molecule has 0 spiro atoms. The fraction of sp³-hybridized carbons (Fsp3) is 0.409. The standard InChI is InChI=1S/C22H25NO3/c24-21(16-7-3-1-4-8-16)15-23-18-11-12-19(23)14-20(13-18)26-22(25)17-9-5-2-6-10-17/h1-10,18-21,24H,11-15H2/t18-,19+,20?,21?. The number of aliphatic hydroxyl groups is 1. The molecule has 2 saturated heterocycles. The maximum absolute atomic E-state index is 12.3. The molecule has 1 N–H and O–H groups in total. The van der Waals surface area contributed by atoms with E-state index in [1.165, 1.54) is 0 Å². The molecule has 4 rings (SSSR count). The molecule has 0 aromatic heterocycles. The SMILES string of the molecule is O=C(OC1C[C@H]2CC[C@@H](C1)N2CC(O)c1ccccc1)c1ccccc1. The first-order valence-electron chi connectivity index (χ1n) is 9.45. The summed E-state index contributed by atoms with van der Waals surface area (Å²) in [5, 5.41) is 10.6. The van der Waals surface area contributed by atoms with Gasteiger partial charge in [-0.15, -0.1) is 0 Å². The van der Waals surface area contributed by atoms with Crippen molar-refractivity contribution in [2.75, 3.05) is 6.54 Å². The number of piperidine rings is 1. The van der Waals surface area contributed by atoms with Crippen molar-refractivity contribution in [3.63, 3.8) is 0 Å². The van der Waals surface area contributed by atoms with Crippen LogP contribution in [0.25, 0.3) is 0 Å². The normalized spacial score (nSPS) is 26.4. The molecule has 26 heavy (non-hydrogen) atoms. The number of ether oxygens (including phenoxy) is 1. The molecule has 4 nitrogen and oxygen atoms in total. The summed E-state index contributed by atoms with van der Waals surface area (Å²) in [6.45, 7) is 0.651. The van der Waals surface area contributed by atoms with Crippen molar-refractivity contribution < 1.29 is 14.6 Å². The van der Waals surface area contributed by atoms with E-state index in [0.29, 0.717) is 24.2 Å². The Hall–Kier alpha value is -2.17. The quantitative estimate of drug-likeness (QED) is 0.837. The van der Waals surface area contributed by atoms with E-state index in [9.17, 15) is 9.90 Å². The average Bonchev–Trinajstić information content (AvgIpc) is 2.91. The Kier molecular flexibility index (Phi) is 5.05. The van der Waals surface area contributed by atoms with Crippen molar-refractivity contribution in [1.29, 1.82) is 0 Å². The van der Waals surface area contributed by atoms with E-state index in [-0.39, 0.29) is 12.1 Å². The monoisotopic (exact) mass is 351 g/mol. The number of fused-ring (bicyclic) bond motifs is 2. The molecule has 2 aromatic rings. The van der Waals surface area contributed by atoms with Crippen LogP contribution in [-0.4, -0.2) is 40.7 Å². The fourth-order valence-corrected chi connectivity index (χ4v) is 4.39. The molecule has 2 unspecified atom stereocenters. The van der Waals surface area contributed by atoms with Crippen molar-refractivity contribution >= 4 is 5.97 Å². The summed E-state index contributed by atoms with van der Waals surface area (Å²) < 4.78 is 5.77. The Balaban J connectivity index is 1.36. The molecule has 2 bridgehead atoms. The second-order valence-corrected chi connectivity index (χ2v) is 7.37. The maximum atomic E-state index is 12.3. The Labute approximate surface area is 154 Å². The number of carbonyl (C=O) groups is 1. The summed E-state index contributed by atoms with van der Waals surface area (Å²) in [4.78, 5) is 14.7. The number of benzene rings is 2. The summed E-state index contributed by atoms with van der Waals surface area (Å²) in [5.74, 6) is -0.229. The molecule has 2 fully saturated rings. The van der Waals surface area contributed by atoms with Gasteiger partial charge in [-0.1, -0.05) is 48.5 Å². The minimum absolute atomic E-state index is 0.0228. The Bertz CT molecular complexity index is 720. The Morgan fingerprint density at radius 2 is 1.58 bits per heavy atom. The molecule has 0 aliphatic carbocycles. The lowest BCUT2D eigenvalue weighted by atomic mass is 9.98. The van der Waals surface area contributed by atoms with Crippen LogP contribution in [0, 0.1) is 0 Å². The van der Waals surface area contributed by atoms with Crippen LogP contribution in [0.4, 0.5) is 0 Å². The number of aliphatic hydroxyl groups excluding tert-OH is 1. The summed E-state index contributed by atoms with van der Waals surface area (Å²) in [6, 6.07) is 19.8. The molecule has 2 aromatic carbocycles. The summed E-state index contributed by atoms with van der Waals surface area (Å²) in [6.07, 6.45) is 3.46. The van der Waals surface area contributed by atoms with Crippen LogP contribution >= 0.6 is 0 Å². The highest BCUT2D eigenvalue weighted by Gasteiger charge is 2.42. The number of rotatable bonds is 5. The molecule has 2 aliphatic heterocycles. The van der Waals surface area contributed by atoms with Gasteiger partial charge in [-0.25, -0.2) is 4.79 Å². The van der Waals surface area contributed by atoms with Crippen LogP contribution < -0.4 is 0 Å². The molecule has 136 valence electrons. The number of hydrogen-bond donors (Lipinski definition) is 1. The molecule has 4 heteroatoms. The van der Waals surface area contributed by atoms with Crippen molar-refractivity contribution in [2.24, 2.45) is 0 Å². The van der Waals surface area contributed by atoms with Gasteiger partial charge in [0.25, 0.3) is 0 Å². The zero-order valence-electron chi connectivity index (χ0n) is 14.8. The summed E-state index contributed by atoms with van der Waals surface area (Å²) in [5.41, 5.74) is 1.58. The zero-order chi connectivity index (χ0) is 17.9. The predicted molar refractivity (Wildman–Crippen MR) is 99.8 cm³/mol. The van der Waals surface area contributed by atoms with E-state index >= 15 is 0 Å². The summed E-state index contributed by atoms with van der Waals surface area (Å²) >= 11 is 0. The van der Waals surface area contributed by atoms with Gasteiger partial charge in [-0.2, -0.15) is 0 Å². The van der Waals surface area contributed by atoms with Gasteiger partial charge in [0, 0.05) is 31.5 Å². The second-order valence-electron chi connectivity index (χ2n) is 7.37. The van der Waals surface area contributed by atoms with Gasteiger partial charge in [-0.3, -0.25) is 4.90 Å². The first-order chi connectivity index (χ1) is 12.7. The second kappa shape index (κ2) is 7.60. The minimum atomic E-state index is -0.470. The van der Waals surface area contributed by atoms with Crippen LogP contribution in [0.2, 0.25) is 0 Å². The number of hydrogen-bond acceptors (Lipinski definition) is 4. The maximum Gasteiger partial charge on any atom is 0.338 e. The van der Waals surface area contributed by atoms with Crippen molar-refractivity contribution in [3.05, 3.63) is 71.8 Å². The van der Waals surface area contributed by atoms with E-state index < -0.39 is 6.10 Å². The molecule has 0 radical (unpaired) electrons. The van der Waals surface area contributed by atoms with Gasteiger partial charge in [0.05, 0.1) is 11.7 Å². The van der Waals surface area contributed by atoms with Gasteiger partial charge < -0.3 is 9.84 Å². The molecule has 4 atom stereocenters. The van der Waals surface area contributed by atoms with Crippen molar-refractivity contribution in [1.82, 2.24) is 4.90 Å². The highest BCUT2D eigenvalue weighted by Crippen LogP contribution is 2.38. The van der Waals surface area contributed by atoms with E-state index in [0.717, 1.165) is 31.2 Å². The Morgan fingerprint density at radius 3 is 2.19 bits per heavy atom. The smallest absolute Gasteiger partial charge is 0.338 e. The van der Waals surface area contributed by atoms with Gasteiger partial charge in [-0.05, 0) is 30.5 Å². The van der Waals surface area contributed by atoms with Crippen LogP contribution in [0.5, 0.6) is 0 Å². The molecule has 0 saturated carbocycles. The Morgan fingerprint density at radius 1 is 1.00 bits per heavy atom. The average molecular weight is 351 g/mol. The predicted octanol–water partition coefficient (Wildman–Crippen LogP) is 3.57. The largest absolute Gasteiger partial charge is 0.459 e. The van der Waals surface area contributed by atoms with Crippen LogP contribution in [0.3, 0.4) is 0 Å². The molecule has 2 heterocycles. The third-order valence-corrected chi connectivity index (χ3v) is 5.69. The lowest BCUT2D eigenvalue weighted by Gasteiger charge is -2.39. The van der Waals surface area contributed by atoms with Crippen molar-refractivity contribution in [3.8, 4) is 0 Å². The van der Waals surface area contributed by atoms with E-state index in [1.807, 2.05) is 48.5 Å². The number of nitrogens with zero attached hydrogens (tertiary/aromatic N) is 1. The molecular weight excluding hydrogens is 326 g/mol. The fourth-order valence-electron chi connectivity index (χ4n) is 4.39. The molecule has 0 amide bonds. The van der Waals surface area contributed by atoms with Crippen LogP contribution in [0.1, 0.15) is 47.7 Å². The number of carbonyl (C=O) groups excluding carboxylic acids is 1. The van der Waals surface area contributed by atoms with Gasteiger partial charge in [0.2, 0.25) is 0 Å². The van der Waals surface area contributed by atoms with Crippen LogP contribution in [0.15, 0.2) is 60.7 Å². The zero-order valence-corrected chi connectivity index (χ0v) is 14.8. The van der Waals surface area contributed by atoms with Crippen molar-refractivity contribution in [2.45, 2.75) is 50.0 Å². The van der Waals surface area contributed by atoms with Gasteiger partial charge in [0.1, 0.15) is 6.10 Å². The van der Waals surface area contributed by atoms with E-state index in [4.69, 9.17) is 4.74 Å². The molecular formula is C22H25NO3. The van der Waals surface area contributed by atoms with E-state index in [2.05, 4.69) is 4.90 Å². The third-order valence-electron chi connectivity index (χ3n) is 5.69. The topological polar surface area (TPSA) is 49.8 Å². The highest BCUT2D eigenvalue weighted by atomic mass is 16.5. The van der Waals surface area contributed by atoms with Gasteiger partial charge >= 0.3 is 5.97 Å². The van der Waals surface area contributed by atoms with E-state index in [1.54, 1.807) is 12.1 Å².